The highest BCUT2D eigenvalue weighted by Crippen LogP contribution is 2.24. The molecule has 1 aromatic carbocycles. The molecule has 0 aliphatic heterocycles. The van der Waals surface area contributed by atoms with Gasteiger partial charge in [0.25, 0.3) is 0 Å². The molecule has 0 atom stereocenters. The fraction of sp³-hybridized carbons (Fsp3) is 0.625. The molecule has 1 saturated carbocycles. The second-order valence-electron chi connectivity index (χ2n) is 5.67. The molecule has 1 N–H and O–H groups in total. The van der Waals surface area contributed by atoms with Gasteiger partial charge in [-0.05, 0) is 56.2 Å². The molecule has 2 rings (SSSR count). The van der Waals surface area contributed by atoms with Gasteiger partial charge in [-0.2, -0.15) is 0 Å². The minimum Gasteiger partial charge on any atom is -0.492 e. The first-order valence-electron chi connectivity index (χ1n) is 7.27. The van der Waals surface area contributed by atoms with Crippen molar-refractivity contribution >= 4 is 15.9 Å². The van der Waals surface area contributed by atoms with Crippen LogP contribution in [0.15, 0.2) is 22.7 Å². The Kier molecular flexibility index (Phi) is 5.71. The Bertz CT molecular complexity index is 400. The average molecular weight is 326 g/mol. The summed E-state index contributed by atoms with van der Waals surface area (Å²) in [5.41, 5.74) is 1.19. The van der Waals surface area contributed by atoms with Gasteiger partial charge in [-0.3, -0.25) is 0 Å². The summed E-state index contributed by atoms with van der Waals surface area (Å²) in [6.07, 6.45) is 5.36. The van der Waals surface area contributed by atoms with Crippen LogP contribution in [0.4, 0.5) is 0 Å². The van der Waals surface area contributed by atoms with Crippen LogP contribution in [0.25, 0.3) is 0 Å². The predicted molar refractivity (Wildman–Crippen MR) is 83.8 cm³/mol. The molecule has 0 aromatic heterocycles. The van der Waals surface area contributed by atoms with Gasteiger partial charge in [-0.25, -0.2) is 0 Å². The monoisotopic (exact) mass is 325 g/mol. The molecule has 3 heteroatoms. The van der Waals surface area contributed by atoms with E-state index in [-0.39, 0.29) is 0 Å². The van der Waals surface area contributed by atoms with E-state index in [1.54, 1.807) is 0 Å². The van der Waals surface area contributed by atoms with Gasteiger partial charge in [0.2, 0.25) is 0 Å². The van der Waals surface area contributed by atoms with Gasteiger partial charge in [0, 0.05) is 17.1 Å². The van der Waals surface area contributed by atoms with Crippen LogP contribution in [0.2, 0.25) is 0 Å². The molecular formula is C16H24BrNO. The van der Waals surface area contributed by atoms with Crippen LogP contribution >= 0.6 is 15.9 Å². The summed E-state index contributed by atoms with van der Waals surface area (Å²) in [5, 5.41) is 3.61. The van der Waals surface area contributed by atoms with Crippen molar-refractivity contribution in [3.05, 3.63) is 28.2 Å². The van der Waals surface area contributed by atoms with Crippen molar-refractivity contribution in [2.24, 2.45) is 5.92 Å². The second-order valence-corrected chi connectivity index (χ2v) is 6.58. The topological polar surface area (TPSA) is 21.3 Å². The first kappa shape index (κ1) is 14.9. The largest absolute Gasteiger partial charge is 0.492 e. The Hall–Kier alpha value is -0.540. The number of rotatable bonds is 5. The zero-order valence-corrected chi connectivity index (χ0v) is 13.5. The van der Waals surface area contributed by atoms with E-state index in [1.165, 1.54) is 31.2 Å². The third kappa shape index (κ3) is 4.81. The Morgan fingerprint density at radius 3 is 2.74 bits per heavy atom. The van der Waals surface area contributed by atoms with Crippen LogP contribution in [-0.2, 0) is 0 Å². The molecule has 0 spiro atoms. The number of nitrogens with one attached hydrogen (secondary N) is 1. The lowest BCUT2D eigenvalue weighted by Crippen LogP contribution is -2.35. The number of halogens is 1. The van der Waals surface area contributed by atoms with Crippen molar-refractivity contribution in [2.45, 2.75) is 45.6 Å². The lowest BCUT2D eigenvalue weighted by atomic mass is 9.87. The van der Waals surface area contributed by atoms with Gasteiger partial charge in [0.05, 0.1) is 0 Å². The van der Waals surface area contributed by atoms with Gasteiger partial charge < -0.3 is 10.1 Å². The highest BCUT2D eigenvalue weighted by Gasteiger charge is 2.17. The second kappa shape index (κ2) is 7.30. The standard InChI is InChI=1S/C16H24BrNO/c1-12-3-7-15(8-4-12)18-9-10-19-16-11-14(17)6-5-13(16)2/h5-6,11-12,15,18H,3-4,7-10H2,1-2H3. The zero-order valence-electron chi connectivity index (χ0n) is 11.9. The molecule has 0 radical (unpaired) electrons. The van der Waals surface area contributed by atoms with Crippen molar-refractivity contribution in [3.63, 3.8) is 0 Å². The van der Waals surface area contributed by atoms with Crippen molar-refractivity contribution in [2.75, 3.05) is 13.2 Å². The summed E-state index contributed by atoms with van der Waals surface area (Å²) in [7, 11) is 0. The molecule has 0 unspecified atom stereocenters. The van der Waals surface area contributed by atoms with E-state index in [0.717, 1.165) is 29.3 Å². The van der Waals surface area contributed by atoms with E-state index in [0.29, 0.717) is 6.04 Å². The molecule has 1 aliphatic rings. The number of ether oxygens (including phenoxy) is 1. The normalized spacial score (nSPS) is 23.3. The van der Waals surface area contributed by atoms with Crippen molar-refractivity contribution in [1.29, 1.82) is 0 Å². The average Bonchev–Trinajstić information content (AvgIpc) is 2.40. The maximum atomic E-state index is 5.84. The third-order valence-corrected chi connectivity index (χ3v) is 4.45. The van der Waals surface area contributed by atoms with Crippen LogP contribution in [-0.4, -0.2) is 19.2 Å². The summed E-state index contributed by atoms with van der Waals surface area (Å²) in [4.78, 5) is 0. The van der Waals surface area contributed by atoms with Crippen LogP contribution in [0.3, 0.4) is 0 Å². The number of benzene rings is 1. The van der Waals surface area contributed by atoms with Gasteiger partial charge in [-0.1, -0.05) is 28.9 Å². The van der Waals surface area contributed by atoms with Gasteiger partial charge >= 0.3 is 0 Å². The molecule has 19 heavy (non-hydrogen) atoms. The fourth-order valence-electron chi connectivity index (χ4n) is 2.62. The molecule has 0 saturated heterocycles. The van der Waals surface area contributed by atoms with Gasteiger partial charge in [-0.15, -0.1) is 0 Å². The van der Waals surface area contributed by atoms with E-state index in [1.807, 2.05) is 12.1 Å². The first-order valence-corrected chi connectivity index (χ1v) is 8.07. The maximum absolute atomic E-state index is 5.84. The molecular weight excluding hydrogens is 302 g/mol. The number of hydrogen-bond acceptors (Lipinski definition) is 2. The summed E-state index contributed by atoms with van der Waals surface area (Å²) in [6.45, 7) is 6.11. The minimum atomic E-state index is 0.698. The lowest BCUT2D eigenvalue weighted by molar-refractivity contribution is 0.269. The Balaban J connectivity index is 1.68. The van der Waals surface area contributed by atoms with E-state index < -0.39 is 0 Å². The summed E-state index contributed by atoms with van der Waals surface area (Å²) >= 11 is 3.48. The molecule has 0 heterocycles. The van der Waals surface area contributed by atoms with Crippen LogP contribution in [0, 0.1) is 12.8 Å². The summed E-state index contributed by atoms with van der Waals surface area (Å²) in [6, 6.07) is 6.86. The Morgan fingerprint density at radius 2 is 2.00 bits per heavy atom. The molecule has 106 valence electrons. The number of hydrogen-bond donors (Lipinski definition) is 1. The lowest BCUT2D eigenvalue weighted by Gasteiger charge is -2.27. The molecule has 2 nitrogen and oxygen atoms in total. The quantitative estimate of drug-likeness (QED) is 0.815. The molecule has 0 amide bonds. The van der Waals surface area contributed by atoms with Crippen molar-refractivity contribution < 1.29 is 4.74 Å². The zero-order chi connectivity index (χ0) is 13.7. The first-order chi connectivity index (χ1) is 9.15. The smallest absolute Gasteiger partial charge is 0.123 e. The number of aryl methyl sites for hydroxylation is 1. The van der Waals surface area contributed by atoms with E-state index in [2.05, 4.69) is 41.2 Å². The van der Waals surface area contributed by atoms with E-state index >= 15 is 0 Å². The minimum absolute atomic E-state index is 0.698. The van der Waals surface area contributed by atoms with Crippen molar-refractivity contribution in [3.8, 4) is 5.75 Å². The fourth-order valence-corrected chi connectivity index (χ4v) is 2.96. The SMILES string of the molecule is Cc1ccc(Br)cc1OCCNC1CCC(C)CC1. The molecule has 0 bridgehead atoms. The van der Waals surface area contributed by atoms with Crippen LogP contribution in [0.1, 0.15) is 38.2 Å². The summed E-state index contributed by atoms with van der Waals surface area (Å²) in [5.74, 6) is 1.90. The van der Waals surface area contributed by atoms with Crippen LogP contribution < -0.4 is 10.1 Å². The molecule has 1 aromatic rings. The predicted octanol–water partition coefficient (Wildman–Crippen LogP) is 4.30. The van der Waals surface area contributed by atoms with Gasteiger partial charge in [0.15, 0.2) is 0 Å². The Morgan fingerprint density at radius 1 is 1.26 bits per heavy atom. The Labute approximate surface area is 125 Å². The maximum Gasteiger partial charge on any atom is 0.123 e. The highest BCUT2D eigenvalue weighted by atomic mass is 79.9. The molecule has 1 fully saturated rings. The van der Waals surface area contributed by atoms with E-state index in [9.17, 15) is 0 Å². The highest BCUT2D eigenvalue weighted by molar-refractivity contribution is 9.10. The van der Waals surface area contributed by atoms with Crippen molar-refractivity contribution in [1.82, 2.24) is 5.32 Å². The summed E-state index contributed by atoms with van der Waals surface area (Å²) < 4.78 is 6.91. The van der Waals surface area contributed by atoms with Gasteiger partial charge in [0.1, 0.15) is 12.4 Å². The van der Waals surface area contributed by atoms with Crippen LogP contribution in [0.5, 0.6) is 5.75 Å². The van der Waals surface area contributed by atoms with E-state index in [4.69, 9.17) is 4.74 Å². The molecule has 1 aliphatic carbocycles. The third-order valence-electron chi connectivity index (χ3n) is 3.96.